The van der Waals surface area contributed by atoms with Crippen LogP contribution in [0.15, 0.2) is 82.8 Å². The number of halogens is 2. The lowest BCUT2D eigenvalue weighted by Gasteiger charge is -2.07. The van der Waals surface area contributed by atoms with Crippen LogP contribution in [0.4, 0.5) is 0 Å². The van der Waals surface area contributed by atoms with Gasteiger partial charge >= 0.3 is 5.97 Å². The van der Waals surface area contributed by atoms with Gasteiger partial charge < -0.3 is 4.74 Å². The summed E-state index contributed by atoms with van der Waals surface area (Å²) < 4.78 is 33.1. The molecule has 1 amide bonds. The molecule has 0 spiro atoms. The summed E-state index contributed by atoms with van der Waals surface area (Å²) in [6.45, 7) is -0.538. The molecule has 0 fully saturated rings. The smallest absolute Gasteiger partial charge is 0.355 e. The molecule has 8 nitrogen and oxygen atoms in total. The molecule has 3 aromatic carbocycles. The summed E-state index contributed by atoms with van der Waals surface area (Å²) >= 11 is 13.4. The van der Waals surface area contributed by atoms with E-state index in [-0.39, 0.29) is 15.5 Å². The summed E-state index contributed by atoms with van der Waals surface area (Å²) in [5.74, 6) is -1.12. The van der Waals surface area contributed by atoms with Crippen LogP contribution in [0.25, 0.3) is 10.1 Å². The molecule has 1 aromatic heterocycles. The van der Waals surface area contributed by atoms with Crippen LogP contribution in [0.5, 0.6) is 5.75 Å². The first-order valence-corrected chi connectivity index (χ1v) is 13.4. The zero-order chi connectivity index (χ0) is 25.7. The maximum atomic E-state index is 12.8. The Bertz CT molecular complexity index is 1570. The van der Waals surface area contributed by atoms with E-state index in [4.69, 9.17) is 27.9 Å². The van der Waals surface area contributed by atoms with E-state index in [1.165, 1.54) is 41.8 Å². The molecule has 0 saturated carbocycles. The third-order valence-corrected chi connectivity index (χ3v) is 8.11. The average Bonchev–Trinajstić information content (AvgIpc) is 3.21. The highest BCUT2D eigenvalue weighted by molar-refractivity contribution is 7.89. The number of hydrogen-bond donors (Lipinski definition) is 2. The number of esters is 1. The van der Waals surface area contributed by atoms with Crippen molar-refractivity contribution in [3.8, 4) is 5.75 Å². The standard InChI is InChI=1S/C24H17Cl2N3O5S2/c25-16-9-11-17(12-10-16)36(32,33)28-14-21(30)29-27-13-15-5-1-3-7-19(15)34-24(31)23-22(26)18-6-2-4-8-20(18)35-23/h1-13,28H,14H2,(H,29,30)/b27-13+. The van der Waals surface area contributed by atoms with E-state index in [9.17, 15) is 18.0 Å². The minimum Gasteiger partial charge on any atom is -0.422 e. The van der Waals surface area contributed by atoms with Gasteiger partial charge in [0.15, 0.2) is 0 Å². The number of benzene rings is 3. The zero-order valence-electron chi connectivity index (χ0n) is 18.3. The maximum Gasteiger partial charge on any atom is 0.355 e. The van der Waals surface area contributed by atoms with Gasteiger partial charge in [0.25, 0.3) is 5.91 Å². The molecule has 184 valence electrons. The van der Waals surface area contributed by atoms with Crippen molar-refractivity contribution >= 4 is 72.7 Å². The Morgan fingerprint density at radius 1 is 0.972 bits per heavy atom. The van der Waals surface area contributed by atoms with Crippen molar-refractivity contribution < 1.29 is 22.7 Å². The first-order valence-electron chi connectivity index (χ1n) is 10.3. The first-order chi connectivity index (χ1) is 17.2. The fourth-order valence-corrected chi connectivity index (χ4v) is 5.54. The van der Waals surface area contributed by atoms with Gasteiger partial charge in [0.1, 0.15) is 10.6 Å². The van der Waals surface area contributed by atoms with Gasteiger partial charge in [0, 0.05) is 20.7 Å². The summed E-state index contributed by atoms with van der Waals surface area (Å²) in [7, 11) is -3.90. The predicted molar refractivity (Wildman–Crippen MR) is 141 cm³/mol. The molecule has 0 radical (unpaired) electrons. The summed E-state index contributed by atoms with van der Waals surface area (Å²) in [5.41, 5.74) is 2.63. The van der Waals surface area contributed by atoms with Gasteiger partial charge in [-0.2, -0.15) is 5.10 Å². The van der Waals surface area contributed by atoms with Crippen molar-refractivity contribution in [3.63, 3.8) is 0 Å². The average molecular weight is 562 g/mol. The minimum absolute atomic E-state index is 0.0299. The number of hydrogen-bond acceptors (Lipinski definition) is 7. The molecule has 4 aromatic rings. The number of thiophene rings is 1. The maximum absolute atomic E-state index is 12.8. The zero-order valence-corrected chi connectivity index (χ0v) is 21.4. The van der Waals surface area contributed by atoms with Crippen LogP contribution >= 0.6 is 34.5 Å². The number of nitrogens with one attached hydrogen (secondary N) is 2. The van der Waals surface area contributed by atoms with Crippen molar-refractivity contribution in [2.75, 3.05) is 6.54 Å². The third kappa shape index (κ3) is 6.10. The minimum atomic E-state index is -3.90. The lowest BCUT2D eigenvalue weighted by atomic mass is 10.2. The van der Waals surface area contributed by atoms with Crippen LogP contribution in [-0.2, 0) is 14.8 Å². The number of nitrogens with zero attached hydrogens (tertiary/aromatic N) is 1. The second kappa shape index (κ2) is 11.2. The van der Waals surface area contributed by atoms with Crippen LogP contribution in [-0.4, -0.2) is 33.1 Å². The Kier molecular flexibility index (Phi) is 8.02. The molecule has 0 unspecified atom stereocenters. The van der Waals surface area contributed by atoms with Gasteiger partial charge in [-0.25, -0.2) is 23.4 Å². The highest BCUT2D eigenvalue weighted by Gasteiger charge is 2.20. The molecule has 36 heavy (non-hydrogen) atoms. The number of carbonyl (C=O) groups excluding carboxylic acids is 2. The van der Waals surface area contributed by atoms with Crippen molar-refractivity contribution in [1.29, 1.82) is 0 Å². The van der Waals surface area contributed by atoms with Crippen molar-refractivity contribution in [2.45, 2.75) is 4.90 Å². The molecule has 4 rings (SSSR count). The largest absolute Gasteiger partial charge is 0.422 e. The second-order valence-corrected chi connectivity index (χ2v) is 10.9. The van der Waals surface area contributed by atoms with E-state index in [2.05, 4.69) is 15.2 Å². The molecule has 2 N–H and O–H groups in total. The Hall–Kier alpha value is -3.28. The molecule has 0 aliphatic heterocycles. The number of amides is 1. The Labute approximate surface area is 220 Å². The number of para-hydroxylation sites is 1. The summed E-state index contributed by atoms with van der Waals surface area (Å²) in [5, 5.41) is 5.30. The van der Waals surface area contributed by atoms with Gasteiger partial charge in [-0.3, -0.25) is 4.79 Å². The Morgan fingerprint density at radius 3 is 2.42 bits per heavy atom. The van der Waals surface area contributed by atoms with E-state index in [0.29, 0.717) is 15.6 Å². The fourth-order valence-electron chi connectivity index (χ4n) is 3.04. The number of ether oxygens (including phenoxy) is 1. The fraction of sp³-hybridized carbons (Fsp3) is 0.0417. The van der Waals surface area contributed by atoms with Crippen LogP contribution in [0.3, 0.4) is 0 Å². The van der Waals surface area contributed by atoms with E-state index in [1.54, 1.807) is 24.3 Å². The topological polar surface area (TPSA) is 114 Å². The third-order valence-electron chi connectivity index (χ3n) is 4.78. The van der Waals surface area contributed by atoms with Crippen LogP contribution in [0.1, 0.15) is 15.2 Å². The van der Waals surface area contributed by atoms with Crippen LogP contribution in [0, 0.1) is 0 Å². The summed E-state index contributed by atoms with van der Waals surface area (Å²) in [6.07, 6.45) is 1.28. The lowest BCUT2D eigenvalue weighted by Crippen LogP contribution is -2.34. The van der Waals surface area contributed by atoms with Crippen LogP contribution < -0.4 is 14.9 Å². The number of fused-ring (bicyclic) bond motifs is 1. The number of carbonyl (C=O) groups is 2. The highest BCUT2D eigenvalue weighted by Crippen LogP contribution is 2.36. The number of rotatable bonds is 8. The highest BCUT2D eigenvalue weighted by atomic mass is 35.5. The van der Waals surface area contributed by atoms with Gasteiger partial charge in [-0.1, -0.05) is 53.5 Å². The molecule has 0 saturated heterocycles. The molecule has 0 aliphatic carbocycles. The van der Waals surface area contributed by atoms with Gasteiger partial charge in [-0.15, -0.1) is 11.3 Å². The molecular formula is C24H17Cl2N3O5S2. The van der Waals surface area contributed by atoms with E-state index >= 15 is 0 Å². The monoisotopic (exact) mass is 561 g/mol. The van der Waals surface area contributed by atoms with Crippen molar-refractivity contribution in [3.05, 3.63) is 93.3 Å². The Balaban J connectivity index is 1.38. The number of hydrazone groups is 1. The molecule has 0 atom stereocenters. The van der Waals surface area contributed by atoms with Crippen molar-refractivity contribution in [2.24, 2.45) is 5.10 Å². The molecule has 1 heterocycles. The Morgan fingerprint density at radius 2 is 1.67 bits per heavy atom. The quantitative estimate of drug-likeness (QED) is 0.138. The van der Waals surface area contributed by atoms with Crippen molar-refractivity contribution in [1.82, 2.24) is 10.1 Å². The normalized spacial score (nSPS) is 11.6. The molecule has 0 aliphatic rings. The molecular weight excluding hydrogens is 545 g/mol. The van der Waals surface area contributed by atoms with Gasteiger partial charge in [0.05, 0.1) is 22.7 Å². The number of sulfonamides is 1. The first kappa shape index (κ1) is 25.8. The molecule has 12 heteroatoms. The summed E-state index contributed by atoms with van der Waals surface area (Å²) in [4.78, 5) is 25.1. The van der Waals surface area contributed by atoms with Gasteiger partial charge in [-0.05, 0) is 42.5 Å². The van der Waals surface area contributed by atoms with E-state index in [0.717, 1.165) is 10.1 Å². The van der Waals surface area contributed by atoms with E-state index in [1.807, 2.05) is 24.3 Å². The molecule has 0 bridgehead atoms. The summed E-state index contributed by atoms with van der Waals surface area (Å²) in [6, 6.07) is 19.5. The predicted octanol–water partition coefficient (Wildman–Crippen LogP) is 4.86. The van der Waals surface area contributed by atoms with Crippen LogP contribution in [0.2, 0.25) is 10.0 Å². The second-order valence-electron chi connectivity index (χ2n) is 7.24. The SMILES string of the molecule is O=C(CNS(=O)(=O)c1ccc(Cl)cc1)N/N=C/c1ccccc1OC(=O)c1sc2ccccc2c1Cl. The van der Waals surface area contributed by atoms with E-state index < -0.39 is 28.4 Å². The van der Waals surface area contributed by atoms with Gasteiger partial charge in [0.2, 0.25) is 10.0 Å². The lowest BCUT2D eigenvalue weighted by molar-refractivity contribution is -0.119.